The highest BCUT2D eigenvalue weighted by Gasteiger charge is 2.30. The van der Waals surface area contributed by atoms with Gasteiger partial charge in [0.05, 0.1) is 11.2 Å². The molecule has 3 rings (SSSR count). The predicted octanol–water partition coefficient (Wildman–Crippen LogP) is 5.39. The second kappa shape index (κ2) is 6.14. The number of hydrogen-bond donors (Lipinski definition) is 0. The highest BCUT2D eigenvalue weighted by molar-refractivity contribution is 8.16. The van der Waals surface area contributed by atoms with Crippen LogP contribution in [0.2, 0.25) is 13.1 Å². The van der Waals surface area contributed by atoms with Crippen molar-refractivity contribution in [1.82, 2.24) is 4.98 Å². The van der Waals surface area contributed by atoms with Gasteiger partial charge >= 0.3 is 0 Å². The molecular weight excluding hydrogens is 352 g/mol. The number of benzene rings is 1. The molecule has 0 N–H and O–H groups in total. The van der Waals surface area contributed by atoms with Crippen LogP contribution in [0.1, 0.15) is 45.2 Å². The van der Waals surface area contributed by atoms with E-state index in [1.54, 1.807) is 23.1 Å². The van der Waals surface area contributed by atoms with Gasteiger partial charge in [-0.15, -0.1) is 11.3 Å². The van der Waals surface area contributed by atoms with E-state index >= 15 is 0 Å². The molecule has 0 atom stereocenters. The zero-order valence-corrected chi connectivity index (χ0v) is 18.2. The summed E-state index contributed by atoms with van der Waals surface area (Å²) in [6.07, 6.45) is 0. The predicted molar refractivity (Wildman–Crippen MR) is 110 cm³/mol. The minimum absolute atomic E-state index is 0.0495. The summed E-state index contributed by atoms with van der Waals surface area (Å²) in [5.41, 5.74) is 2.37. The molecule has 0 saturated carbocycles. The van der Waals surface area contributed by atoms with Gasteiger partial charge in [-0.1, -0.05) is 32.5 Å². The minimum atomic E-state index is -1.20. The Bertz CT molecular complexity index is 803. The van der Waals surface area contributed by atoms with E-state index in [1.807, 2.05) is 6.54 Å². The molecule has 0 spiro atoms. The van der Waals surface area contributed by atoms with Crippen LogP contribution in [0.4, 0.5) is 0 Å². The van der Waals surface area contributed by atoms with Crippen LogP contribution >= 0.6 is 23.1 Å². The van der Waals surface area contributed by atoms with Crippen molar-refractivity contribution in [2.24, 2.45) is 4.99 Å². The van der Waals surface area contributed by atoms with Crippen LogP contribution in [-0.4, -0.2) is 23.8 Å². The maximum absolute atomic E-state index is 6.21. The quantitative estimate of drug-likeness (QED) is 0.673. The van der Waals surface area contributed by atoms with E-state index in [-0.39, 0.29) is 10.2 Å². The Morgan fingerprint density at radius 3 is 2.42 bits per heavy atom. The molecule has 1 aliphatic rings. The number of nitrogens with zero attached hydrogens (tertiary/aromatic N) is 2. The van der Waals surface area contributed by atoms with Crippen molar-refractivity contribution >= 4 is 47.4 Å². The summed E-state index contributed by atoms with van der Waals surface area (Å²) in [5, 5.41) is 2.02. The molecule has 0 unspecified atom stereocenters. The Balaban J connectivity index is 2.10. The van der Waals surface area contributed by atoms with Gasteiger partial charge in [0.25, 0.3) is 0 Å². The standard InChI is InChI=1S/C18H25N2OS2Si/c1-17(2,3)11-8-12(21-24(6)7)14-13(9-11)22-16(20-14)15-19-10-18(4,5)23-15/h8-10,24H,1-7H3. The molecule has 0 saturated heterocycles. The summed E-state index contributed by atoms with van der Waals surface area (Å²) >= 11 is 3.50. The van der Waals surface area contributed by atoms with E-state index in [0.29, 0.717) is 0 Å². The first-order valence-electron chi connectivity index (χ1n) is 8.28. The highest BCUT2D eigenvalue weighted by atomic mass is 32.2. The normalized spacial score (nSPS) is 17.6. The van der Waals surface area contributed by atoms with Crippen LogP contribution < -0.4 is 4.43 Å². The zero-order valence-electron chi connectivity index (χ0n) is 15.4. The molecule has 0 bridgehead atoms. The Kier molecular flexibility index (Phi) is 4.60. The molecule has 1 aliphatic heterocycles. The molecule has 129 valence electrons. The molecule has 1 aromatic carbocycles. The minimum Gasteiger partial charge on any atom is -0.545 e. The maximum atomic E-state index is 6.21. The van der Waals surface area contributed by atoms with Gasteiger partial charge < -0.3 is 4.43 Å². The lowest BCUT2D eigenvalue weighted by Gasteiger charge is -2.21. The van der Waals surface area contributed by atoms with Gasteiger partial charge in [-0.2, -0.15) is 0 Å². The fraction of sp³-hybridized carbons (Fsp3) is 0.500. The second-order valence-corrected chi connectivity index (χ2v) is 13.0. The van der Waals surface area contributed by atoms with E-state index in [2.05, 4.69) is 64.8 Å². The lowest BCUT2D eigenvalue weighted by Crippen LogP contribution is -2.14. The lowest BCUT2D eigenvalue weighted by atomic mass is 9.87. The monoisotopic (exact) mass is 377 g/mol. The van der Waals surface area contributed by atoms with E-state index in [0.717, 1.165) is 21.3 Å². The van der Waals surface area contributed by atoms with Crippen LogP contribution in [0.25, 0.3) is 10.2 Å². The zero-order chi connectivity index (χ0) is 17.7. The molecule has 0 amide bonds. The third-order valence-corrected chi connectivity index (χ3v) is 6.71. The van der Waals surface area contributed by atoms with Crippen molar-refractivity contribution in [2.45, 2.75) is 57.9 Å². The molecule has 0 aliphatic carbocycles. The molecule has 6 heteroatoms. The number of rotatable bonds is 3. The topological polar surface area (TPSA) is 34.5 Å². The number of hydrogen-bond acceptors (Lipinski definition) is 5. The van der Waals surface area contributed by atoms with Gasteiger partial charge in [0.15, 0.2) is 0 Å². The third kappa shape index (κ3) is 3.70. The number of aliphatic imine (C=N–C) groups is 1. The van der Waals surface area contributed by atoms with Crippen molar-refractivity contribution in [3.05, 3.63) is 29.2 Å². The van der Waals surface area contributed by atoms with Crippen molar-refractivity contribution in [3.63, 3.8) is 0 Å². The first-order chi connectivity index (χ1) is 11.0. The van der Waals surface area contributed by atoms with Gasteiger partial charge in [-0.3, -0.25) is 4.99 Å². The van der Waals surface area contributed by atoms with Crippen LogP contribution in [0.15, 0.2) is 17.1 Å². The Hall–Kier alpha value is -0.853. The van der Waals surface area contributed by atoms with Crippen molar-refractivity contribution < 1.29 is 4.43 Å². The Morgan fingerprint density at radius 2 is 1.88 bits per heavy atom. The number of thioether (sulfide) groups is 1. The molecular formula is C18H25N2OS2Si. The molecule has 0 fully saturated rings. The molecule has 2 heterocycles. The third-order valence-electron chi connectivity index (χ3n) is 3.72. The van der Waals surface area contributed by atoms with Gasteiger partial charge in [-0.25, -0.2) is 4.98 Å². The smallest absolute Gasteiger partial charge is 0.229 e. The van der Waals surface area contributed by atoms with Gasteiger partial charge in [0.1, 0.15) is 21.3 Å². The summed E-state index contributed by atoms with van der Waals surface area (Å²) in [6, 6.07) is 4.44. The summed E-state index contributed by atoms with van der Waals surface area (Å²) in [6.45, 7) is 17.5. The van der Waals surface area contributed by atoms with Crippen LogP contribution in [-0.2, 0) is 5.41 Å². The lowest BCUT2D eigenvalue weighted by molar-refractivity contribution is 0.565. The number of thiazole rings is 1. The van der Waals surface area contributed by atoms with Gasteiger partial charge in [-0.05, 0) is 50.1 Å². The first kappa shape index (κ1) is 18.0. The maximum Gasteiger partial charge on any atom is 0.229 e. The van der Waals surface area contributed by atoms with E-state index < -0.39 is 9.04 Å². The summed E-state index contributed by atoms with van der Waals surface area (Å²) in [4.78, 5) is 9.47. The van der Waals surface area contributed by atoms with Crippen molar-refractivity contribution in [2.75, 3.05) is 0 Å². The summed E-state index contributed by atoms with van der Waals surface area (Å²) < 4.78 is 7.45. The summed E-state index contributed by atoms with van der Waals surface area (Å²) in [5.74, 6) is 0.938. The number of aromatic nitrogens is 1. The van der Waals surface area contributed by atoms with Crippen LogP contribution in [0.3, 0.4) is 0 Å². The fourth-order valence-corrected chi connectivity index (χ4v) is 5.18. The van der Waals surface area contributed by atoms with E-state index in [4.69, 9.17) is 9.41 Å². The molecule has 3 nitrogen and oxygen atoms in total. The van der Waals surface area contributed by atoms with Crippen molar-refractivity contribution in [3.8, 4) is 5.75 Å². The number of fused-ring (bicyclic) bond motifs is 1. The summed E-state index contributed by atoms with van der Waals surface area (Å²) in [7, 11) is -1.20. The Labute approximate surface area is 154 Å². The van der Waals surface area contributed by atoms with Crippen LogP contribution in [0, 0.1) is 6.54 Å². The molecule has 2 aromatic rings. The van der Waals surface area contributed by atoms with E-state index in [9.17, 15) is 0 Å². The van der Waals surface area contributed by atoms with Gasteiger partial charge in [0, 0.05) is 4.75 Å². The van der Waals surface area contributed by atoms with Gasteiger partial charge in [0.2, 0.25) is 9.04 Å². The second-order valence-electron chi connectivity index (χ2n) is 8.03. The average molecular weight is 378 g/mol. The highest BCUT2D eigenvalue weighted by Crippen LogP contribution is 2.41. The van der Waals surface area contributed by atoms with Crippen LogP contribution in [0.5, 0.6) is 5.75 Å². The molecule has 24 heavy (non-hydrogen) atoms. The van der Waals surface area contributed by atoms with E-state index in [1.165, 1.54) is 10.3 Å². The fourth-order valence-electron chi connectivity index (χ4n) is 2.48. The molecule has 1 radical (unpaired) electrons. The first-order valence-corrected chi connectivity index (χ1v) is 12.7. The largest absolute Gasteiger partial charge is 0.545 e. The Morgan fingerprint density at radius 1 is 1.17 bits per heavy atom. The van der Waals surface area contributed by atoms with Crippen molar-refractivity contribution in [1.29, 1.82) is 0 Å². The molecule has 1 aromatic heterocycles. The SMILES string of the molecule is C[SiH](C)Oc1cc(C(C)(C)C)cc2sc(C3=N[CH]C(C)(C)S3)nc12. The average Bonchev–Trinajstić information content (AvgIpc) is 3.00.